The van der Waals surface area contributed by atoms with Gasteiger partial charge in [-0.3, -0.25) is 14.7 Å². The van der Waals surface area contributed by atoms with Gasteiger partial charge in [0.2, 0.25) is 5.91 Å². The van der Waals surface area contributed by atoms with Gasteiger partial charge in [0.05, 0.1) is 11.7 Å². The third-order valence-corrected chi connectivity index (χ3v) is 6.37. The number of amides is 1. The van der Waals surface area contributed by atoms with Crippen molar-refractivity contribution in [3.63, 3.8) is 0 Å². The molecule has 0 radical (unpaired) electrons. The first kappa shape index (κ1) is 20.0. The van der Waals surface area contributed by atoms with Crippen molar-refractivity contribution < 1.29 is 9.18 Å². The Morgan fingerprint density at radius 1 is 1.14 bits per heavy atom. The molecule has 1 N–H and O–H groups in total. The molecular weight excluding hydrogens is 365 g/mol. The fourth-order valence-corrected chi connectivity index (χ4v) is 4.47. The number of carbonyl (C=O) groups excluding carboxylic acids is 1. The second kappa shape index (κ2) is 9.49. The first-order valence-corrected chi connectivity index (χ1v) is 10.9. The maximum atomic E-state index is 13.6. The van der Waals surface area contributed by atoms with Crippen molar-refractivity contribution >= 4 is 5.91 Å². The Morgan fingerprint density at radius 2 is 2.03 bits per heavy atom. The van der Waals surface area contributed by atoms with Crippen LogP contribution in [0.2, 0.25) is 0 Å². The Bertz CT molecular complexity index is 809. The van der Waals surface area contributed by atoms with Crippen LogP contribution in [0, 0.1) is 11.7 Å². The molecular formula is C24H30FN3O. The molecule has 2 atom stereocenters. The number of nitrogens with one attached hydrogen (secondary N) is 1. The van der Waals surface area contributed by atoms with E-state index in [0.29, 0.717) is 6.04 Å². The minimum atomic E-state index is -0.185. The number of likely N-dealkylation sites (tertiary alicyclic amines) is 1. The summed E-state index contributed by atoms with van der Waals surface area (Å²) in [7, 11) is 0. The third kappa shape index (κ3) is 5.21. The van der Waals surface area contributed by atoms with Crippen LogP contribution in [-0.4, -0.2) is 28.4 Å². The Balaban J connectivity index is 1.48. The summed E-state index contributed by atoms with van der Waals surface area (Å²) in [4.78, 5) is 19.7. The predicted molar refractivity (Wildman–Crippen MR) is 112 cm³/mol. The van der Waals surface area contributed by atoms with Gasteiger partial charge < -0.3 is 5.32 Å². The highest BCUT2D eigenvalue weighted by Gasteiger charge is 2.31. The summed E-state index contributed by atoms with van der Waals surface area (Å²) in [5.74, 6) is 0.144. The lowest BCUT2D eigenvalue weighted by molar-refractivity contribution is -0.128. The average Bonchev–Trinajstić information content (AvgIpc) is 2.68. The van der Waals surface area contributed by atoms with Crippen molar-refractivity contribution in [3.05, 3.63) is 65.7 Å². The van der Waals surface area contributed by atoms with E-state index in [0.717, 1.165) is 62.9 Å². The number of halogens is 1. The van der Waals surface area contributed by atoms with E-state index in [-0.39, 0.29) is 23.7 Å². The molecule has 5 heteroatoms. The van der Waals surface area contributed by atoms with Crippen LogP contribution < -0.4 is 5.32 Å². The largest absolute Gasteiger partial charge is 0.347 e. The van der Waals surface area contributed by atoms with Gasteiger partial charge in [0, 0.05) is 24.7 Å². The summed E-state index contributed by atoms with van der Waals surface area (Å²) in [5, 5.41) is 3.29. The first-order valence-electron chi connectivity index (χ1n) is 10.9. The maximum absolute atomic E-state index is 13.6. The van der Waals surface area contributed by atoms with E-state index in [1.54, 1.807) is 18.3 Å². The van der Waals surface area contributed by atoms with Crippen molar-refractivity contribution in [1.29, 1.82) is 0 Å². The van der Waals surface area contributed by atoms with Gasteiger partial charge in [-0.05, 0) is 68.5 Å². The molecule has 1 saturated carbocycles. The maximum Gasteiger partial charge on any atom is 0.223 e. The van der Waals surface area contributed by atoms with Crippen molar-refractivity contribution in [1.82, 2.24) is 15.2 Å². The van der Waals surface area contributed by atoms with E-state index in [2.05, 4.69) is 15.2 Å². The zero-order chi connectivity index (χ0) is 20.1. The molecule has 0 bridgehead atoms. The Kier molecular flexibility index (Phi) is 6.55. The van der Waals surface area contributed by atoms with Gasteiger partial charge >= 0.3 is 0 Å². The van der Waals surface area contributed by atoms with Crippen molar-refractivity contribution in [2.75, 3.05) is 6.54 Å². The molecule has 1 saturated heterocycles. The first-order chi connectivity index (χ1) is 14.2. The summed E-state index contributed by atoms with van der Waals surface area (Å²) >= 11 is 0. The molecule has 1 amide bonds. The summed E-state index contributed by atoms with van der Waals surface area (Å²) in [6.07, 6.45) is 9.22. The van der Waals surface area contributed by atoms with Crippen LogP contribution in [0.1, 0.15) is 62.2 Å². The minimum absolute atomic E-state index is 0.0811. The Morgan fingerprint density at radius 3 is 2.76 bits per heavy atom. The number of piperidine rings is 1. The second-order valence-electron chi connectivity index (χ2n) is 8.43. The van der Waals surface area contributed by atoms with Crippen molar-refractivity contribution in [2.45, 2.75) is 63.6 Å². The molecule has 1 aliphatic carbocycles. The minimum Gasteiger partial charge on any atom is -0.347 e. The van der Waals surface area contributed by atoms with E-state index in [4.69, 9.17) is 0 Å². The molecule has 2 aliphatic rings. The summed E-state index contributed by atoms with van der Waals surface area (Å²) in [6.45, 7) is 1.75. The standard InChI is InChI=1S/C24H30FN3O/c25-20-10-5-7-18(15-20)17-28-14-4-2-11-21(28)16-23(22-12-1-3-13-26-22)27-24(29)19-8-6-9-19/h1,3,5,7,10,12-13,15,19,21,23H,2,4,6,8-9,11,14,16-17H2,(H,27,29). The van der Waals surface area contributed by atoms with Crippen molar-refractivity contribution in [3.8, 4) is 0 Å². The Labute approximate surface area is 172 Å². The number of aromatic nitrogens is 1. The lowest BCUT2D eigenvalue weighted by Crippen LogP contribution is -2.44. The molecule has 2 aromatic rings. The van der Waals surface area contributed by atoms with Crippen LogP contribution in [0.5, 0.6) is 0 Å². The smallest absolute Gasteiger partial charge is 0.223 e. The molecule has 4 nitrogen and oxygen atoms in total. The van der Waals surface area contributed by atoms with Crippen LogP contribution in [0.15, 0.2) is 48.7 Å². The SMILES string of the molecule is O=C(NC(CC1CCCCN1Cc1cccc(F)c1)c1ccccn1)C1CCC1. The zero-order valence-corrected chi connectivity index (χ0v) is 16.9. The predicted octanol–water partition coefficient (Wildman–Crippen LogP) is 4.62. The Hall–Kier alpha value is -2.27. The highest BCUT2D eigenvalue weighted by Crippen LogP contribution is 2.30. The van der Waals surface area contributed by atoms with E-state index in [1.165, 1.54) is 12.5 Å². The van der Waals surface area contributed by atoms with Gasteiger partial charge in [-0.1, -0.05) is 31.0 Å². The lowest BCUT2D eigenvalue weighted by Gasteiger charge is -2.38. The van der Waals surface area contributed by atoms with Gasteiger partial charge in [0.15, 0.2) is 0 Å². The average molecular weight is 396 g/mol. The molecule has 4 rings (SSSR count). The van der Waals surface area contributed by atoms with Crippen LogP contribution in [-0.2, 0) is 11.3 Å². The summed E-state index contributed by atoms with van der Waals surface area (Å²) in [6, 6.07) is 13.0. The number of hydrogen-bond acceptors (Lipinski definition) is 3. The molecule has 29 heavy (non-hydrogen) atoms. The van der Waals surface area contributed by atoms with Crippen molar-refractivity contribution in [2.24, 2.45) is 5.92 Å². The fraction of sp³-hybridized carbons (Fsp3) is 0.500. The number of hydrogen-bond donors (Lipinski definition) is 1. The van der Waals surface area contributed by atoms with Gasteiger partial charge in [-0.2, -0.15) is 0 Å². The van der Waals surface area contributed by atoms with Crippen LogP contribution >= 0.6 is 0 Å². The quantitative estimate of drug-likeness (QED) is 0.744. The second-order valence-corrected chi connectivity index (χ2v) is 8.43. The van der Waals surface area contributed by atoms with Crippen LogP contribution in [0.4, 0.5) is 4.39 Å². The van der Waals surface area contributed by atoms with E-state index in [1.807, 2.05) is 24.3 Å². The van der Waals surface area contributed by atoms with Gasteiger partial charge in [-0.25, -0.2) is 4.39 Å². The number of nitrogens with zero attached hydrogens (tertiary/aromatic N) is 2. The highest BCUT2D eigenvalue weighted by molar-refractivity contribution is 5.79. The molecule has 1 aliphatic heterocycles. The zero-order valence-electron chi connectivity index (χ0n) is 16.9. The lowest BCUT2D eigenvalue weighted by atomic mass is 9.84. The molecule has 0 spiro atoms. The normalized spacial score (nSPS) is 21.3. The number of benzene rings is 1. The molecule has 1 aromatic carbocycles. The topological polar surface area (TPSA) is 45.2 Å². The van der Waals surface area contributed by atoms with Gasteiger partial charge in [0.25, 0.3) is 0 Å². The molecule has 2 heterocycles. The highest BCUT2D eigenvalue weighted by atomic mass is 19.1. The summed E-state index contributed by atoms with van der Waals surface area (Å²) in [5.41, 5.74) is 1.93. The third-order valence-electron chi connectivity index (χ3n) is 6.37. The number of carbonyl (C=O) groups is 1. The molecule has 1 aromatic heterocycles. The van der Waals surface area contributed by atoms with E-state index >= 15 is 0 Å². The monoisotopic (exact) mass is 395 g/mol. The molecule has 2 unspecified atom stereocenters. The van der Waals surface area contributed by atoms with E-state index in [9.17, 15) is 9.18 Å². The molecule has 2 fully saturated rings. The van der Waals surface area contributed by atoms with E-state index < -0.39 is 0 Å². The van der Waals surface area contributed by atoms with Crippen LogP contribution in [0.25, 0.3) is 0 Å². The fourth-order valence-electron chi connectivity index (χ4n) is 4.47. The van der Waals surface area contributed by atoms with Gasteiger partial charge in [0.1, 0.15) is 5.82 Å². The molecule has 154 valence electrons. The number of pyridine rings is 1. The van der Waals surface area contributed by atoms with Crippen LogP contribution in [0.3, 0.4) is 0 Å². The summed E-state index contributed by atoms with van der Waals surface area (Å²) < 4.78 is 13.6. The number of rotatable bonds is 7. The van der Waals surface area contributed by atoms with Gasteiger partial charge in [-0.15, -0.1) is 0 Å².